The van der Waals surface area contributed by atoms with Gasteiger partial charge < -0.3 is 9.64 Å². The van der Waals surface area contributed by atoms with Gasteiger partial charge in [0.1, 0.15) is 5.75 Å². The molecule has 1 aliphatic rings. The molecule has 9 heteroatoms. The zero-order chi connectivity index (χ0) is 23.0. The van der Waals surface area contributed by atoms with Gasteiger partial charge in [0.25, 0.3) is 5.91 Å². The Morgan fingerprint density at radius 3 is 2.48 bits per heavy atom. The van der Waals surface area contributed by atoms with E-state index in [1.165, 1.54) is 4.90 Å². The lowest BCUT2D eigenvalue weighted by Crippen LogP contribution is -2.33. The number of halogens is 3. The number of likely N-dealkylation sites (tertiary alicyclic amines) is 1. The van der Waals surface area contributed by atoms with E-state index in [0.717, 1.165) is 42.5 Å². The lowest BCUT2D eigenvalue weighted by atomic mass is 9.94. The average molecular weight is 455 g/mol. The highest BCUT2D eigenvalue weighted by molar-refractivity contribution is 7.90. The molecule has 0 bridgehead atoms. The number of carbonyl (C=O) groups is 1. The number of nitrogens with zero attached hydrogens (tertiary/aromatic N) is 1. The summed E-state index contributed by atoms with van der Waals surface area (Å²) in [5.41, 5.74) is 2.03. The first-order chi connectivity index (χ1) is 14.4. The molecule has 5 nitrogen and oxygen atoms in total. The molecule has 31 heavy (non-hydrogen) atoms. The van der Waals surface area contributed by atoms with Crippen LogP contribution in [0.1, 0.15) is 40.7 Å². The molecule has 2 aromatic rings. The summed E-state index contributed by atoms with van der Waals surface area (Å²) in [7, 11) is -3.66. The Balaban J connectivity index is 1.92. The van der Waals surface area contributed by atoms with Crippen molar-refractivity contribution >= 4 is 15.7 Å². The van der Waals surface area contributed by atoms with E-state index in [1.54, 1.807) is 0 Å². The SMILES string of the molecule is Cc1ccccc1C1CCN(C(=O)c2cc(S(C)(=O)=O)ccc2O[C@@H](C)C(F)(F)F)C1. The van der Waals surface area contributed by atoms with Crippen LogP contribution in [0, 0.1) is 6.92 Å². The number of amides is 1. The normalized spacial score (nSPS) is 18.1. The van der Waals surface area contributed by atoms with E-state index in [0.29, 0.717) is 19.5 Å². The van der Waals surface area contributed by atoms with E-state index < -0.39 is 28.0 Å². The van der Waals surface area contributed by atoms with Gasteiger partial charge in [-0.2, -0.15) is 13.2 Å². The van der Waals surface area contributed by atoms with E-state index in [4.69, 9.17) is 4.74 Å². The molecule has 0 aliphatic carbocycles. The second-order valence-corrected chi connectivity index (χ2v) is 9.84. The number of hydrogen-bond acceptors (Lipinski definition) is 4. The van der Waals surface area contributed by atoms with Crippen molar-refractivity contribution in [2.24, 2.45) is 0 Å². The number of hydrogen-bond donors (Lipinski definition) is 0. The highest BCUT2D eigenvalue weighted by Gasteiger charge is 2.39. The number of benzene rings is 2. The summed E-state index contributed by atoms with van der Waals surface area (Å²) >= 11 is 0. The summed E-state index contributed by atoms with van der Waals surface area (Å²) < 4.78 is 67.9. The largest absolute Gasteiger partial charge is 0.480 e. The van der Waals surface area contributed by atoms with Crippen LogP contribution < -0.4 is 4.74 Å². The molecule has 0 N–H and O–H groups in total. The molecule has 168 valence electrons. The monoisotopic (exact) mass is 455 g/mol. The zero-order valence-electron chi connectivity index (χ0n) is 17.4. The van der Waals surface area contributed by atoms with Gasteiger partial charge in [-0.15, -0.1) is 0 Å². The summed E-state index contributed by atoms with van der Waals surface area (Å²) in [6.07, 6.45) is -5.10. The minimum Gasteiger partial charge on any atom is -0.480 e. The fourth-order valence-corrected chi connectivity index (χ4v) is 4.33. The van der Waals surface area contributed by atoms with Gasteiger partial charge in [-0.3, -0.25) is 4.79 Å². The summed E-state index contributed by atoms with van der Waals surface area (Å²) in [5.74, 6) is -0.741. The van der Waals surface area contributed by atoms with Crippen LogP contribution in [0.3, 0.4) is 0 Å². The van der Waals surface area contributed by atoms with Gasteiger partial charge in [-0.1, -0.05) is 24.3 Å². The van der Waals surface area contributed by atoms with Crippen LogP contribution >= 0.6 is 0 Å². The first-order valence-corrected chi connectivity index (χ1v) is 11.7. The molecule has 0 radical (unpaired) electrons. The minimum atomic E-state index is -4.63. The van der Waals surface area contributed by atoms with Gasteiger partial charge in [0.05, 0.1) is 10.5 Å². The van der Waals surface area contributed by atoms with Crippen LogP contribution in [-0.2, 0) is 9.84 Å². The van der Waals surface area contributed by atoms with E-state index in [9.17, 15) is 26.4 Å². The fourth-order valence-electron chi connectivity index (χ4n) is 3.68. The lowest BCUT2D eigenvalue weighted by molar-refractivity contribution is -0.189. The number of alkyl halides is 3. The molecule has 1 unspecified atom stereocenters. The molecule has 1 fully saturated rings. The van der Waals surface area contributed by atoms with Crippen LogP contribution in [0.15, 0.2) is 47.4 Å². The molecule has 0 saturated carbocycles. The average Bonchev–Trinajstić information content (AvgIpc) is 3.16. The molecule has 1 aliphatic heterocycles. The molecule has 1 heterocycles. The van der Waals surface area contributed by atoms with Crippen molar-refractivity contribution in [3.05, 3.63) is 59.2 Å². The first kappa shape index (κ1) is 23.1. The topological polar surface area (TPSA) is 63.7 Å². The van der Waals surface area contributed by atoms with E-state index in [1.807, 2.05) is 31.2 Å². The third-order valence-electron chi connectivity index (χ3n) is 5.48. The molecular weight excluding hydrogens is 431 g/mol. The van der Waals surface area contributed by atoms with Crippen molar-refractivity contribution in [2.45, 2.75) is 43.4 Å². The van der Waals surface area contributed by atoms with Crippen LogP contribution in [0.5, 0.6) is 5.75 Å². The number of sulfone groups is 1. The second-order valence-electron chi connectivity index (χ2n) is 7.83. The Morgan fingerprint density at radius 1 is 1.19 bits per heavy atom. The Labute approximate surface area is 179 Å². The van der Waals surface area contributed by atoms with Crippen LogP contribution in [0.4, 0.5) is 13.2 Å². The molecule has 1 amide bonds. The van der Waals surface area contributed by atoms with Gasteiger partial charge in [-0.25, -0.2) is 8.42 Å². The first-order valence-electron chi connectivity index (χ1n) is 9.80. The smallest absolute Gasteiger partial charge is 0.425 e. The zero-order valence-corrected chi connectivity index (χ0v) is 18.3. The minimum absolute atomic E-state index is 0.0988. The highest BCUT2D eigenvalue weighted by Crippen LogP contribution is 2.33. The second kappa shape index (κ2) is 8.53. The third kappa shape index (κ3) is 5.20. The van der Waals surface area contributed by atoms with Gasteiger partial charge in [0.15, 0.2) is 15.9 Å². The Hall–Kier alpha value is -2.55. The molecule has 0 spiro atoms. The maximum atomic E-state index is 13.2. The molecule has 2 atom stereocenters. The number of rotatable bonds is 5. The van der Waals surface area contributed by atoms with Gasteiger partial charge in [0, 0.05) is 25.3 Å². The van der Waals surface area contributed by atoms with Crippen LogP contribution in [0.25, 0.3) is 0 Å². The summed E-state index contributed by atoms with van der Waals surface area (Å²) in [5, 5.41) is 0. The van der Waals surface area contributed by atoms with Crippen molar-refractivity contribution < 1.29 is 31.1 Å². The van der Waals surface area contributed by atoms with Gasteiger partial charge >= 0.3 is 6.18 Å². The van der Waals surface area contributed by atoms with Crippen molar-refractivity contribution in [1.29, 1.82) is 0 Å². The third-order valence-corrected chi connectivity index (χ3v) is 6.59. The summed E-state index contributed by atoms with van der Waals surface area (Å²) in [4.78, 5) is 14.6. The van der Waals surface area contributed by atoms with Crippen molar-refractivity contribution in [3.8, 4) is 5.75 Å². The Kier molecular flexibility index (Phi) is 6.36. The number of aryl methyl sites for hydroxylation is 1. The van der Waals surface area contributed by atoms with Crippen molar-refractivity contribution in [1.82, 2.24) is 4.90 Å². The van der Waals surface area contributed by atoms with Crippen molar-refractivity contribution in [2.75, 3.05) is 19.3 Å². The van der Waals surface area contributed by atoms with E-state index in [2.05, 4.69) is 0 Å². The number of ether oxygens (including phenoxy) is 1. The standard InChI is InChI=1S/C22H24F3NO4S/c1-14-6-4-5-7-18(14)16-10-11-26(13-16)21(27)19-12-17(31(3,28)29)8-9-20(19)30-15(2)22(23,24)25/h4-9,12,15-16H,10-11,13H2,1-3H3/t15-,16?/m0/s1. The molecule has 1 saturated heterocycles. The van der Waals surface area contributed by atoms with Crippen molar-refractivity contribution in [3.63, 3.8) is 0 Å². The van der Waals surface area contributed by atoms with Gasteiger partial charge in [0.2, 0.25) is 0 Å². The molecule has 3 rings (SSSR count). The predicted octanol–water partition coefficient (Wildman–Crippen LogP) is 4.36. The highest BCUT2D eigenvalue weighted by atomic mass is 32.2. The Bertz CT molecular complexity index is 1080. The lowest BCUT2D eigenvalue weighted by Gasteiger charge is -2.22. The predicted molar refractivity (Wildman–Crippen MR) is 110 cm³/mol. The van der Waals surface area contributed by atoms with E-state index in [-0.39, 0.29) is 22.1 Å². The van der Waals surface area contributed by atoms with Crippen LogP contribution in [0.2, 0.25) is 0 Å². The molecular formula is C22H24F3NO4S. The summed E-state index contributed by atoms with van der Waals surface area (Å²) in [6.45, 7) is 3.62. The fraction of sp³-hybridized carbons (Fsp3) is 0.409. The Morgan fingerprint density at radius 2 is 1.87 bits per heavy atom. The summed E-state index contributed by atoms with van der Waals surface area (Å²) in [6, 6.07) is 11.2. The van der Waals surface area contributed by atoms with E-state index >= 15 is 0 Å². The molecule has 0 aromatic heterocycles. The number of carbonyl (C=O) groups excluding carboxylic acids is 1. The molecule has 2 aromatic carbocycles. The quantitative estimate of drug-likeness (QED) is 0.672. The maximum absolute atomic E-state index is 13.2. The van der Waals surface area contributed by atoms with Gasteiger partial charge in [-0.05, 0) is 49.6 Å². The maximum Gasteiger partial charge on any atom is 0.425 e. The van der Waals surface area contributed by atoms with Crippen LogP contribution in [-0.4, -0.2) is 50.9 Å².